The highest BCUT2D eigenvalue weighted by molar-refractivity contribution is 5.78. The highest BCUT2D eigenvalue weighted by Gasteiger charge is 2.68. The van der Waals surface area contributed by atoms with Gasteiger partial charge in [-0.25, -0.2) is 4.79 Å². The topological polar surface area (TPSA) is 71.1 Å². The number of hydrogen-bond acceptors (Lipinski definition) is 6. The van der Waals surface area contributed by atoms with Crippen LogP contribution < -0.4 is 0 Å². The van der Waals surface area contributed by atoms with Gasteiger partial charge in [0.15, 0.2) is 5.79 Å². The summed E-state index contributed by atoms with van der Waals surface area (Å²) in [6.07, 6.45) is 9.86. The monoisotopic (exact) mass is 494 g/mol. The minimum absolute atomic E-state index is 0.00381. The predicted octanol–water partition coefficient (Wildman–Crippen LogP) is 4.63. The van der Waals surface area contributed by atoms with Crippen molar-refractivity contribution in [1.82, 2.24) is 0 Å². The molecule has 8 aliphatic carbocycles. The molecule has 9 rings (SSSR count). The Morgan fingerprint density at radius 2 is 1.46 bits per heavy atom. The molecule has 194 valence electrons. The van der Waals surface area contributed by atoms with Crippen molar-refractivity contribution < 1.29 is 37.3 Å². The van der Waals surface area contributed by atoms with E-state index in [0.717, 1.165) is 32.1 Å². The van der Waals surface area contributed by atoms with Crippen molar-refractivity contribution in [3.05, 3.63) is 0 Å². The molecule has 0 amide bonds. The van der Waals surface area contributed by atoms with Crippen LogP contribution in [0.1, 0.15) is 77.6 Å². The lowest BCUT2D eigenvalue weighted by molar-refractivity contribution is -0.322. The fourth-order valence-corrected chi connectivity index (χ4v) is 10.0. The number of hydrogen-bond donors (Lipinski definition) is 0. The van der Waals surface area contributed by atoms with Gasteiger partial charge in [-0.1, -0.05) is 0 Å². The smallest absolute Gasteiger partial charge is 0.377 e. The lowest BCUT2D eigenvalue weighted by atomic mass is 9.49. The molecule has 8 bridgehead atoms. The van der Waals surface area contributed by atoms with Crippen LogP contribution in [0.3, 0.4) is 0 Å². The molecular weight excluding hydrogens is 458 g/mol. The molecule has 1 aliphatic heterocycles. The van der Waals surface area contributed by atoms with Crippen LogP contribution in [-0.4, -0.2) is 48.6 Å². The van der Waals surface area contributed by atoms with Crippen LogP contribution in [0.4, 0.5) is 8.78 Å². The zero-order valence-corrected chi connectivity index (χ0v) is 20.4. The number of carbonyl (C=O) groups excluding carboxylic acids is 2. The zero-order valence-electron chi connectivity index (χ0n) is 20.4. The Morgan fingerprint density at radius 3 is 2.03 bits per heavy atom. The number of carbonyl (C=O) groups is 2. The SMILES string of the molecule is CC(F)(F)C(=O)OC12CC3CC(C1)C1(OCC(COC(=O)C45CC6CC(CC(C6)C4)C5)O1)C(C3)C2. The van der Waals surface area contributed by atoms with Crippen molar-refractivity contribution >= 4 is 11.9 Å². The Morgan fingerprint density at radius 1 is 0.886 bits per heavy atom. The molecule has 1 spiro atoms. The Labute approximate surface area is 204 Å². The molecule has 3 atom stereocenters. The van der Waals surface area contributed by atoms with Gasteiger partial charge in [0.05, 0.1) is 12.0 Å². The van der Waals surface area contributed by atoms with Gasteiger partial charge in [-0.2, -0.15) is 8.78 Å². The fourth-order valence-electron chi connectivity index (χ4n) is 10.0. The third-order valence-corrected chi connectivity index (χ3v) is 10.7. The molecule has 3 unspecified atom stereocenters. The molecule has 0 N–H and O–H groups in total. The average Bonchev–Trinajstić information content (AvgIpc) is 3.19. The maximum Gasteiger partial charge on any atom is 0.377 e. The van der Waals surface area contributed by atoms with Crippen LogP contribution in [0, 0.1) is 40.9 Å². The van der Waals surface area contributed by atoms with Gasteiger partial charge in [0.1, 0.15) is 18.3 Å². The van der Waals surface area contributed by atoms with Crippen LogP contribution in [0.2, 0.25) is 0 Å². The van der Waals surface area contributed by atoms with Gasteiger partial charge in [0.2, 0.25) is 0 Å². The van der Waals surface area contributed by atoms with E-state index in [1.165, 1.54) is 19.3 Å². The predicted molar refractivity (Wildman–Crippen MR) is 118 cm³/mol. The van der Waals surface area contributed by atoms with E-state index in [4.69, 9.17) is 18.9 Å². The molecule has 0 aromatic rings. The van der Waals surface area contributed by atoms with Crippen molar-refractivity contribution in [2.45, 2.75) is 101 Å². The Bertz CT molecular complexity index is 876. The lowest BCUT2D eigenvalue weighted by Gasteiger charge is -2.62. The molecule has 0 aromatic heterocycles. The average molecular weight is 495 g/mol. The van der Waals surface area contributed by atoms with E-state index in [-0.39, 0.29) is 35.9 Å². The second-order valence-corrected chi connectivity index (χ2v) is 13.4. The van der Waals surface area contributed by atoms with E-state index < -0.39 is 23.3 Å². The number of alkyl halides is 2. The largest absolute Gasteiger partial charge is 0.462 e. The first-order valence-electron chi connectivity index (χ1n) is 13.7. The number of esters is 2. The van der Waals surface area contributed by atoms with Crippen molar-refractivity contribution in [2.75, 3.05) is 13.2 Å². The quantitative estimate of drug-likeness (QED) is 0.519. The number of halogens is 2. The molecule has 0 radical (unpaired) electrons. The molecule has 1 heterocycles. The van der Waals surface area contributed by atoms with E-state index >= 15 is 0 Å². The normalized spacial score (nSPS) is 51.2. The van der Waals surface area contributed by atoms with Crippen LogP contribution in [-0.2, 0) is 28.5 Å². The van der Waals surface area contributed by atoms with Gasteiger partial charge in [0.25, 0.3) is 0 Å². The highest BCUT2D eigenvalue weighted by atomic mass is 19.3. The van der Waals surface area contributed by atoms with E-state index in [2.05, 4.69) is 0 Å². The summed E-state index contributed by atoms with van der Waals surface area (Å²) in [5.74, 6) is -3.37. The third-order valence-electron chi connectivity index (χ3n) is 10.7. The summed E-state index contributed by atoms with van der Waals surface area (Å²) in [6, 6.07) is 0. The molecule has 1 saturated heterocycles. The van der Waals surface area contributed by atoms with E-state index in [1.54, 1.807) is 0 Å². The lowest BCUT2D eigenvalue weighted by Crippen LogP contribution is -2.65. The highest BCUT2D eigenvalue weighted by Crippen LogP contribution is 2.64. The first kappa shape index (κ1) is 22.9. The van der Waals surface area contributed by atoms with E-state index in [0.29, 0.717) is 56.5 Å². The summed E-state index contributed by atoms with van der Waals surface area (Å²) in [6.45, 7) is 1.16. The maximum absolute atomic E-state index is 13.6. The fraction of sp³-hybridized carbons (Fsp3) is 0.926. The summed E-state index contributed by atoms with van der Waals surface area (Å²) in [5, 5.41) is 0. The third kappa shape index (κ3) is 3.52. The molecule has 8 saturated carbocycles. The van der Waals surface area contributed by atoms with Gasteiger partial charge in [-0.05, 0) is 94.3 Å². The summed E-state index contributed by atoms with van der Waals surface area (Å²) in [7, 11) is 0. The maximum atomic E-state index is 13.6. The first-order valence-corrected chi connectivity index (χ1v) is 13.7. The molecule has 9 fully saturated rings. The second kappa shape index (κ2) is 7.40. The van der Waals surface area contributed by atoms with Gasteiger partial charge in [-0.15, -0.1) is 0 Å². The van der Waals surface area contributed by atoms with Crippen molar-refractivity contribution in [3.63, 3.8) is 0 Å². The number of ether oxygens (including phenoxy) is 4. The van der Waals surface area contributed by atoms with Crippen molar-refractivity contribution in [1.29, 1.82) is 0 Å². The van der Waals surface area contributed by atoms with Gasteiger partial charge in [-0.3, -0.25) is 4.79 Å². The summed E-state index contributed by atoms with van der Waals surface area (Å²) < 4.78 is 51.4. The number of rotatable bonds is 5. The van der Waals surface area contributed by atoms with E-state index in [1.807, 2.05) is 0 Å². The second-order valence-electron chi connectivity index (χ2n) is 13.4. The van der Waals surface area contributed by atoms with Crippen molar-refractivity contribution in [2.24, 2.45) is 40.9 Å². The van der Waals surface area contributed by atoms with E-state index in [9.17, 15) is 18.4 Å². The van der Waals surface area contributed by atoms with Gasteiger partial charge < -0.3 is 18.9 Å². The van der Waals surface area contributed by atoms with Crippen LogP contribution in [0.15, 0.2) is 0 Å². The minimum Gasteiger partial charge on any atom is -0.462 e. The molecule has 8 heteroatoms. The zero-order chi connectivity index (χ0) is 24.2. The Hall–Kier alpha value is -1.28. The minimum atomic E-state index is -3.49. The molecular formula is C27H36F2O6. The van der Waals surface area contributed by atoms with Crippen LogP contribution in [0.25, 0.3) is 0 Å². The first-order chi connectivity index (χ1) is 16.6. The molecule has 6 nitrogen and oxygen atoms in total. The van der Waals surface area contributed by atoms with Crippen LogP contribution in [0.5, 0.6) is 0 Å². The molecule has 9 aliphatic rings. The summed E-state index contributed by atoms with van der Waals surface area (Å²) in [4.78, 5) is 25.3. The summed E-state index contributed by atoms with van der Waals surface area (Å²) in [5.41, 5.74) is -1.12. The standard InChI is InChI=1S/C27H36F2O6/c1-24(28,29)22(30)35-26-10-18-5-19(11-26)27(20(6-18)12-26)33-14-21(34-27)13-32-23(31)25-7-15-2-16(8-25)4-17(3-15)9-25/h15-21H,2-14H2,1H3. The summed E-state index contributed by atoms with van der Waals surface area (Å²) >= 11 is 0. The Balaban J connectivity index is 1.00. The van der Waals surface area contributed by atoms with Crippen LogP contribution >= 0.6 is 0 Å². The van der Waals surface area contributed by atoms with Crippen molar-refractivity contribution in [3.8, 4) is 0 Å². The van der Waals surface area contributed by atoms with Gasteiger partial charge >= 0.3 is 17.9 Å². The molecule has 0 aromatic carbocycles. The Kier molecular flexibility index (Phi) is 4.83. The molecule has 35 heavy (non-hydrogen) atoms. The van der Waals surface area contributed by atoms with Gasteiger partial charge in [0, 0.05) is 18.8 Å².